The lowest BCUT2D eigenvalue weighted by Gasteiger charge is -2.35. The first kappa shape index (κ1) is 19.6. The van der Waals surface area contributed by atoms with Crippen LogP contribution >= 0.6 is 11.3 Å². The average Bonchev–Trinajstić information content (AvgIpc) is 3.24. The largest absolute Gasteiger partial charge is 0.369 e. The molecule has 150 valence electrons. The molecule has 0 aliphatic carbocycles. The second-order valence-electron chi connectivity index (χ2n) is 7.27. The number of hydrogen-bond acceptors (Lipinski definition) is 4. The maximum absolute atomic E-state index is 13.1. The monoisotopic (exact) mass is 409 g/mol. The van der Waals surface area contributed by atoms with Crippen molar-refractivity contribution in [2.45, 2.75) is 6.54 Å². The third kappa shape index (κ3) is 4.66. The van der Waals surface area contributed by atoms with Gasteiger partial charge in [-0.3, -0.25) is 4.79 Å². The fourth-order valence-electron chi connectivity index (χ4n) is 3.51. The highest BCUT2D eigenvalue weighted by atomic mass is 32.1. The second kappa shape index (κ2) is 8.76. The predicted octanol–water partition coefficient (Wildman–Crippen LogP) is 4.24. The molecule has 1 aliphatic rings. The van der Waals surface area contributed by atoms with Gasteiger partial charge in [0.05, 0.1) is 4.88 Å². The first-order valence-electron chi connectivity index (χ1n) is 9.75. The normalized spacial score (nSPS) is 14.8. The number of nitrogens with one attached hydrogen (secondary N) is 1. The lowest BCUT2D eigenvalue weighted by molar-refractivity contribution is 0.0955. The number of amides is 1. The summed E-state index contributed by atoms with van der Waals surface area (Å²) >= 11 is 1.42. The lowest BCUT2D eigenvalue weighted by Crippen LogP contribution is -2.45. The molecule has 3 aromatic rings. The van der Waals surface area contributed by atoms with Crippen molar-refractivity contribution in [3.05, 3.63) is 76.9 Å². The van der Waals surface area contributed by atoms with E-state index in [1.165, 1.54) is 29.2 Å². The van der Waals surface area contributed by atoms with Gasteiger partial charge in [0, 0.05) is 43.3 Å². The summed E-state index contributed by atoms with van der Waals surface area (Å²) in [5.74, 6) is -0.348. The number of carbonyl (C=O) groups excluding carboxylic acids is 1. The van der Waals surface area contributed by atoms with E-state index in [-0.39, 0.29) is 11.7 Å². The van der Waals surface area contributed by atoms with E-state index in [1.807, 2.05) is 24.3 Å². The Bertz CT molecular complexity index is 978. The quantitative estimate of drug-likeness (QED) is 0.685. The molecule has 1 saturated heterocycles. The van der Waals surface area contributed by atoms with Crippen LogP contribution in [0.5, 0.6) is 0 Å². The van der Waals surface area contributed by atoms with Crippen LogP contribution < -0.4 is 10.2 Å². The third-order valence-corrected chi connectivity index (χ3v) is 6.37. The Morgan fingerprint density at radius 3 is 2.48 bits per heavy atom. The zero-order valence-corrected chi connectivity index (χ0v) is 17.2. The minimum Gasteiger partial charge on any atom is -0.369 e. The number of piperazine rings is 1. The van der Waals surface area contributed by atoms with Gasteiger partial charge < -0.3 is 15.1 Å². The van der Waals surface area contributed by atoms with Gasteiger partial charge in [-0.05, 0) is 48.5 Å². The molecule has 1 fully saturated rings. The maximum Gasteiger partial charge on any atom is 0.261 e. The number of anilines is 1. The first-order chi connectivity index (χ1) is 14.1. The molecule has 29 heavy (non-hydrogen) atoms. The molecule has 0 radical (unpaired) electrons. The Morgan fingerprint density at radius 1 is 1.00 bits per heavy atom. The van der Waals surface area contributed by atoms with Gasteiger partial charge in [0.15, 0.2) is 0 Å². The van der Waals surface area contributed by atoms with Crippen molar-refractivity contribution in [2.75, 3.05) is 38.1 Å². The molecule has 6 heteroatoms. The standard InChI is InChI=1S/C23H24FN3OS/c1-26-12-14-27(15-13-26)20-5-3-2-4-18(20)16-25-23(28)22-11-10-21(29-22)17-6-8-19(24)9-7-17/h2-11H,12-16H2,1H3,(H,25,28). The van der Waals surface area contributed by atoms with Crippen LogP contribution in [0.2, 0.25) is 0 Å². The fourth-order valence-corrected chi connectivity index (χ4v) is 4.44. The molecular weight excluding hydrogens is 385 g/mol. The molecule has 0 atom stereocenters. The smallest absolute Gasteiger partial charge is 0.261 e. The van der Waals surface area contributed by atoms with Crippen LogP contribution in [0.3, 0.4) is 0 Å². The SMILES string of the molecule is CN1CCN(c2ccccc2CNC(=O)c2ccc(-c3ccc(F)cc3)s2)CC1. The summed E-state index contributed by atoms with van der Waals surface area (Å²) in [7, 11) is 2.14. The van der Waals surface area contributed by atoms with E-state index in [0.29, 0.717) is 11.4 Å². The topological polar surface area (TPSA) is 35.6 Å². The fraction of sp³-hybridized carbons (Fsp3) is 0.261. The van der Waals surface area contributed by atoms with Gasteiger partial charge in [-0.15, -0.1) is 11.3 Å². The Labute approximate surface area is 174 Å². The van der Waals surface area contributed by atoms with Gasteiger partial charge in [0.2, 0.25) is 0 Å². The number of rotatable bonds is 5. The molecule has 0 spiro atoms. The van der Waals surface area contributed by atoms with Crippen molar-refractivity contribution in [1.29, 1.82) is 0 Å². The Balaban J connectivity index is 1.42. The predicted molar refractivity (Wildman–Crippen MR) is 117 cm³/mol. The summed E-state index contributed by atoms with van der Waals surface area (Å²) in [5, 5.41) is 3.05. The van der Waals surface area contributed by atoms with Crippen molar-refractivity contribution < 1.29 is 9.18 Å². The summed E-state index contributed by atoms with van der Waals surface area (Å²) in [5.41, 5.74) is 3.23. The van der Waals surface area contributed by atoms with E-state index in [9.17, 15) is 9.18 Å². The van der Waals surface area contributed by atoms with Crippen LogP contribution in [0.15, 0.2) is 60.7 Å². The van der Waals surface area contributed by atoms with Crippen molar-refractivity contribution in [3.63, 3.8) is 0 Å². The summed E-state index contributed by atoms with van der Waals surface area (Å²) in [6.07, 6.45) is 0. The van der Waals surface area contributed by atoms with Gasteiger partial charge in [-0.25, -0.2) is 4.39 Å². The van der Waals surface area contributed by atoms with Crippen molar-refractivity contribution in [1.82, 2.24) is 10.2 Å². The molecule has 1 aromatic heterocycles. The third-order valence-electron chi connectivity index (χ3n) is 5.23. The van der Waals surface area contributed by atoms with Gasteiger partial charge in [-0.1, -0.05) is 30.3 Å². The van der Waals surface area contributed by atoms with Gasteiger partial charge >= 0.3 is 0 Å². The van der Waals surface area contributed by atoms with E-state index in [0.717, 1.165) is 42.2 Å². The minimum absolute atomic E-state index is 0.0865. The number of nitrogens with zero attached hydrogens (tertiary/aromatic N) is 2. The molecule has 1 N–H and O–H groups in total. The molecule has 0 unspecified atom stereocenters. The first-order valence-corrected chi connectivity index (χ1v) is 10.6. The number of para-hydroxylation sites is 1. The summed E-state index contributed by atoms with van der Waals surface area (Å²) in [4.78, 5) is 19.0. The zero-order valence-electron chi connectivity index (χ0n) is 16.4. The van der Waals surface area contributed by atoms with Crippen LogP contribution in [0.25, 0.3) is 10.4 Å². The van der Waals surface area contributed by atoms with E-state index in [2.05, 4.69) is 34.3 Å². The van der Waals surface area contributed by atoms with Crippen LogP contribution in [0.1, 0.15) is 15.2 Å². The van der Waals surface area contributed by atoms with Crippen LogP contribution in [-0.4, -0.2) is 44.0 Å². The van der Waals surface area contributed by atoms with Gasteiger partial charge in [0.1, 0.15) is 5.82 Å². The number of halogens is 1. The van der Waals surface area contributed by atoms with Crippen molar-refractivity contribution in [3.8, 4) is 10.4 Å². The molecule has 1 aliphatic heterocycles. The highest BCUT2D eigenvalue weighted by molar-refractivity contribution is 7.17. The number of thiophene rings is 1. The maximum atomic E-state index is 13.1. The molecule has 0 saturated carbocycles. The Morgan fingerprint density at radius 2 is 1.72 bits per heavy atom. The summed E-state index contributed by atoms with van der Waals surface area (Å²) < 4.78 is 13.1. The average molecular weight is 410 g/mol. The number of benzene rings is 2. The highest BCUT2D eigenvalue weighted by Gasteiger charge is 2.17. The number of hydrogen-bond donors (Lipinski definition) is 1. The number of carbonyl (C=O) groups is 1. The van der Waals surface area contributed by atoms with E-state index < -0.39 is 0 Å². The van der Waals surface area contributed by atoms with Gasteiger partial charge in [0.25, 0.3) is 5.91 Å². The van der Waals surface area contributed by atoms with E-state index in [1.54, 1.807) is 12.1 Å². The molecular formula is C23H24FN3OS. The Kier molecular flexibility index (Phi) is 5.92. The minimum atomic E-state index is -0.262. The molecule has 4 rings (SSSR count). The van der Waals surface area contributed by atoms with Crippen LogP contribution in [0, 0.1) is 5.82 Å². The molecule has 2 aromatic carbocycles. The molecule has 1 amide bonds. The van der Waals surface area contributed by atoms with Crippen LogP contribution in [0.4, 0.5) is 10.1 Å². The van der Waals surface area contributed by atoms with E-state index in [4.69, 9.17) is 0 Å². The van der Waals surface area contributed by atoms with Gasteiger partial charge in [-0.2, -0.15) is 0 Å². The molecule has 0 bridgehead atoms. The second-order valence-corrected chi connectivity index (χ2v) is 8.36. The number of likely N-dealkylation sites (N-methyl/N-ethyl adjacent to an activating group) is 1. The highest BCUT2D eigenvalue weighted by Crippen LogP contribution is 2.28. The molecule has 2 heterocycles. The van der Waals surface area contributed by atoms with E-state index >= 15 is 0 Å². The Hall–Kier alpha value is -2.70. The van der Waals surface area contributed by atoms with Crippen molar-refractivity contribution >= 4 is 22.9 Å². The van der Waals surface area contributed by atoms with Crippen LogP contribution in [-0.2, 0) is 6.54 Å². The summed E-state index contributed by atoms with van der Waals surface area (Å²) in [6, 6.07) is 18.3. The van der Waals surface area contributed by atoms with Crippen molar-refractivity contribution in [2.24, 2.45) is 0 Å². The zero-order chi connectivity index (χ0) is 20.2. The summed E-state index contributed by atoms with van der Waals surface area (Å²) in [6.45, 7) is 4.57. The molecule has 4 nitrogen and oxygen atoms in total. The lowest BCUT2D eigenvalue weighted by atomic mass is 10.1.